The fourth-order valence-corrected chi connectivity index (χ4v) is 5.82. The lowest BCUT2D eigenvalue weighted by Gasteiger charge is -2.10. The van der Waals surface area contributed by atoms with Gasteiger partial charge in [-0.1, -0.05) is 11.8 Å². The molecule has 0 atom stereocenters. The Hall–Kier alpha value is -2.20. The normalized spacial score (nSPS) is 14.3. The molecule has 0 bridgehead atoms. The monoisotopic (exact) mass is 402 g/mol. The molecule has 0 aromatic carbocycles. The Kier molecular flexibility index (Phi) is 4.05. The predicted molar refractivity (Wildman–Crippen MR) is 104 cm³/mol. The third kappa shape index (κ3) is 2.61. The number of nitrogens with zero attached hydrogens (tertiary/aromatic N) is 6. The number of thiophene rings is 1. The van der Waals surface area contributed by atoms with Crippen LogP contribution in [0.4, 0.5) is 0 Å². The van der Waals surface area contributed by atoms with E-state index in [0.717, 1.165) is 28.7 Å². The number of carbonyl (C=O) groups excluding carboxylic acids is 1. The summed E-state index contributed by atoms with van der Waals surface area (Å²) in [5, 5.41) is 15.1. The first kappa shape index (κ1) is 16.9. The van der Waals surface area contributed by atoms with Gasteiger partial charge in [0.1, 0.15) is 10.7 Å². The molecule has 1 aliphatic carbocycles. The maximum Gasteiger partial charge on any atom is 0.316 e. The van der Waals surface area contributed by atoms with Gasteiger partial charge in [-0.3, -0.25) is 4.79 Å². The molecule has 4 heterocycles. The molecule has 140 valence electrons. The topological polar surface area (TPSA) is 86.7 Å². The maximum absolute atomic E-state index is 11.8. The molecule has 10 heteroatoms. The Morgan fingerprint density at radius 3 is 3.00 bits per heavy atom. The van der Waals surface area contributed by atoms with E-state index < -0.39 is 0 Å². The van der Waals surface area contributed by atoms with Crippen LogP contribution in [0, 0.1) is 6.92 Å². The second kappa shape index (κ2) is 6.45. The minimum atomic E-state index is -0.251. The van der Waals surface area contributed by atoms with E-state index in [1.54, 1.807) is 22.8 Å². The molecule has 0 amide bonds. The Morgan fingerprint density at radius 2 is 2.15 bits per heavy atom. The van der Waals surface area contributed by atoms with Crippen LogP contribution in [0.3, 0.4) is 0 Å². The molecule has 27 heavy (non-hydrogen) atoms. The fourth-order valence-electron chi connectivity index (χ4n) is 3.65. The van der Waals surface area contributed by atoms with Gasteiger partial charge in [-0.05, 0) is 45.1 Å². The zero-order chi connectivity index (χ0) is 18.5. The summed E-state index contributed by atoms with van der Waals surface area (Å²) in [5.74, 6) is 1.29. The quantitative estimate of drug-likeness (QED) is 0.383. The number of fused-ring (bicyclic) bond motifs is 8. The highest BCUT2D eigenvalue weighted by atomic mass is 32.2. The minimum absolute atomic E-state index is 0.204. The Bertz CT molecular complexity index is 1190. The molecule has 0 radical (unpaired) electrons. The molecular weight excluding hydrogens is 384 g/mol. The lowest BCUT2D eigenvalue weighted by atomic mass is 9.97. The summed E-state index contributed by atoms with van der Waals surface area (Å²) >= 11 is 3.13. The van der Waals surface area contributed by atoms with Crippen LogP contribution in [0.5, 0.6) is 0 Å². The number of esters is 1. The molecule has 0 spiro atoms. The van der Waals surface area contributed by atoms with Crippen LogP contribution >= 0.6 is 23.1 Å². The first-order valence-corrected chi connectivity index (χ1v) is 10.8. The van der Waals surface area contributed by atoms with Crippen LogP contribution in [0.2, 0.25) is 0 Å². The largest absolute Gasteiger partial charge is 0.465 e. The molecule has 4 aromatic rings. The molecule has 0 fully saturated rings. The van der Waals surface area contributed by atoms with Crippen molar-refractivity contribution in [2.45, 2.75) is 44.7 Å². The highest BCUT2D eigenvalue weighted by Crippen LogP contribution is 2.39. The Morgan fingerprint density at radius 1 is 1.30 bits per heavy atom. The Balaban J connectivity index is 1.76. The highest BCUT2D eigenvalue weighted by molar-refractivity contribution is 7.99. The van der Waals surface area contributed by atoms with E-state index in [1.807, 2.05) is 11.3 Å². The van der Waals surface area contributed by atoms with Gasteiger partial charge in [0, 0.05) is 4.88 Å². The average molecular weight is 403 g/mol. The average Bonchev–Trinajstić information content (AvgIpc) is 3.33. The summed E-state index contributed by atoms with van der Waals surface area (Å²) in [5.41, 5.74) is 2.24. The summed E-state index contributed by atoms with van der Waals surface area (Å²) in [6, 6.07) is 0. The summed E-state index contributed by atoms with van der Waals surface area (Å²) in [7, 11) is 0. The molecule has 0 saturated heterocycles. The van der Waals surface area contributed by atoms with E-state index in [0.29, 0.717) is 23.4 Å². The van der Waals surface area contributed by atoms with Crippen LogP contribution in [-0.2, 0) is 22.4 Å². The number of aryl methyl sites for hydroxylation is 3. The number of hydrogen-bond acceptors (Lipinski definition) is 8. The molecule has 4 aromatic heterocycles. The SMILES string of the molecule is CCOC(=O)CSc1nnc2n3nc(C)nc3c3c4c(sc3n12)CCCC4. The standard InChI is InChI=1S/C17H18N6O2S2/c1-3-25-12(24)8-26-17-20-19-16-22(17)15-13(14-18-9(2)21-23(14)16)10-6-4-5-7-11(10)27-15/h3-8H2,1-2H3. The van der Waals surface area contributed by atoms with Crippen LogP contribution in [0.1, 0.15) is 36.0 Å². The molecule has 0 saturated carbocycles. The molecule has 1 aliphatic rings. The van der Waals surface area contributed by atoms with Gasteiger partial charge < -0.3 is 4.74 Å². The number of ether oxygens (including phenoxy) is 1. The number of aromatic nitrogens is 6. The minimum Gasteiger partial charge on any atom is -0.465 e. The lowest BCUT2D eigenvalue weighted by molar-refractivity contribution is -0.139. The van der Waals surface area contributed by atoms with Gasteiger partial charge in [0.25, 0.3) is 5.78 Å². The van der Waals surface area contributed by atoms with Crippen molar-refractivity contribution in [2.24, 2.45) is 0 Å². The number of rotatable bonds is 4. The van der Waals surface area contributed by atoms with Crippen LogP contribution in [-0.4, -0.2) is 47.5 Å². The number of carbonyl (C=O) groups is 1. The fraction of sp³-hybridized carbons (Fsp3) is 0.471. The van der Waals surface area contributed by atoms with Gasteiger partial charge in [-0.15, -0.1) is 26.6 Å². The van der Waals surface area contributed by atoms with Crippen molar-refractivity contribution in [2.75, 3.05) is 12.4 Å². The molecule has 0 aliphatic heterocycles. The number of thioether (sulfide) groups is 1. The summed E-state index contributed by atoms with van der Waals surface area (Å²) in [6.45, 7) is 4.07. The molecular formula is C17H18N6O2S2. The van der Waals surface area contributed by atoms with Crippen molar-refractivity contribution in [1.29, 1.82) is 0 Å². The van der Waals surface area contributed by atoms with E-state index in [9.17, 15) is 4.79 Å². The van der Waals surface area contributed by atoms with Gasteiger partial charge in [0.2, 0.25) is 0 Å². The third-order valence-electron chi connectivity index (χ3n) is 4.72. The second-order valence-corrected chi connectivity index (χ2v) is 8.52. The molecule has 8 nitrogen and oxygen atoms in total. The van der Waals surface area contributed by atoms with Gasteiger partial charge in [-0.2, -0.15) is 4.52 Å². The van der Waals surface area contributed by atoms with Gasteiger partial charge in [0.15, 0.2) is 10.8 Å². The van der Waals surface area contributed by atoms with Crippen LogP contribution < -0.4 is 0 Å². The van der Waals surface area contributed by atoms with E-state index in [2.05, 4.69) is 20.3 Å². The number of hydrogen-bond donors (Lipinski definition) is 0. The molecule has 0 unspecified atom stereocenters. The van der Waals surface area contributed by atoms with Gasteiger partial charge >= 0.3 is 5.97 Å². The summed E-state index contributed by atoms with van der Waals surface area (Å²) < 4.78 is 8.83. The lowest BCUT2D eigenvalue weighted by Crippen LogP contribution is -2.07. The van der Waals surface area contributed by atoms with Crippen molar-refractivity contribution in [1.82, 2.24) is 29.2 Å². The van der Waals surface area contributed by atoms with Crippen molar-refractivity contribution in [3.8, 4) is 0 Å². The van der Waals surface area contributed by atoms with Crippen LogP contribution in [0.15, 0.2) is 5.16 Å². The Labute approximate surface area is 162 Å². The first-order valence-electron chi connectivity index (χ1n) is 9.00. The van der Waals surface area contributed by atoms with Gasteiger partial charge in [-0.25, -0.2) is 9.38 Å². The van der Waals surface area contributed by atoms with Crippen molar-refractivity contribution < 1.29 is 9.53 Å². The van der Waals surface area contributed by atoms with E-state index in [4.69, 9.17) is 4.74 Å². The van der Waals surface area contributed by atoms with Crippen molar-refractivity contribution >= 4 is 50.7 Å². The van der Waals surface area contributed by atoms with Crippen LogP contribution in [0.25, 0.3) is 21.6 Å². The predicted octanol–water partition coefficient (Wildman–Crippen LogP) is 2.83. The molecule has 0 N–H and O–H groups in total. The second-order valence-electron chi connectivity index (χ2n) is 6.50. The summed E-state index contributed by atoms with van der Waals surface area (Å²) in [4.78, 5) is 19.0. The summed E-state index contributed by atoms with van der Waals surface area (Å²) in [6.07, 6.45) is 4.58. The zero-order valence-electron chi connectivity index (χ0n) is 15.1. The maximum atomic E-state index is 11.8. The first-order chi connectivity index (χ1) is 13.2. The zero-order valence-corrected chi connectivity index (χ0v) is 16.7. The van der Waals surface area contributed by atoms with Crippen molar-refractivity contribution in [3.05, 3.63) is 16.3 Å². The highest BCUT2D eigenvalue weighted by Gasteiger charge is 2.25. The van der Waals surface area contributed by atoms with Crippen molar-refractivity contribution in [3.63, 3.8) is 0 Å². The van der Waals surface area contributed by atoms with E-state index >= 15 is 0 Å². The van der Waals surface area contributed by atoms with E-state index in [1.165, 1.54) is 35.0 Å². The molecule has 5 rings (SSSR count). The van der Waals surface area contributed by atoms with Gasteiger partial charge in [0.05, 0.1) is 17.7 Å². The third-order valence-corrected chi connectivity index (χ3v) is 6.90. The smallest absolute Gasteiger partial charge is 0.316 e. The van der Waals surface area contributed by atoms with E-state index in [-0.39, 0.29) is 11.7 Å².